The van der Waals surface area contributed by atoms with E-state index in [0.717, 1.165) is 38.3 Å². The Hall–Kier alpha value is -3.10. The van der Waals surface area contributed by atoms with Crippen LogP contribution in [0.5, 0.6) is 0 Å². The maximum atomic E-state index is 12.9. The van der Waals surface area contributed by atoms with Gasteiger partial charge in [0.25, 0.3) is 11.1 Å². The Morgan fingerprint density at radius 3 is 2.57 bits per heavy atom. The number of aryl methyl sites for hydroxylation is 1. The first-order valence-electron chi connectivity index (χ1n) is 9.27. The van der Waals surface area contributed by atoms with Crippen LogP contribution in [-0.2, 0) is 0 Å². The number of aromatic nitrogens is 2. The van der Waals surface area contributed by atoms with E-state index in [0.29, 0.717) is 10.6 Å². The fraction of sp³-hybridized carbons (Fsp3) is 0.136. The van der Waals surface area contributed by atoms with E-state index in [1.165, 1.54) is 16.2 Å². The van der Waals surface area contributed by atoms with Crippen LogP contribution < -0.4 is 5.32 Å². The zero-order chi connectivity index (χ0) is 21.3. The van der Waals surface area contributed by atoms with Gasteiger partial charge in [-0.25, -0.2) is 4.68 Å². The number of hydrogen-bond acceptors (Lipinski definition) is 5. The fourth-order valence-electron chi connectivity index (χ4n) is 2.93. The summed E-state index contributed by atoms with van der Waals surface area (Å²) in [5.41, 5.74) is 2.49. The van der Waals surface area contributed by atoms with Crippen molar-refractivity contribution < 1.29 is 9.59 Å². The number of rotatable bonds is 4. The van der Waals surface area contributed by atoms with Gasteiger partial charge in [0.05, 0.1) is 16.3 Å². The van der Waals surface area contributed by atoms with Crippen molar-refractivity contribution in [2.75, 3.05) is 19.4 Å². The molecule has 0 bridgehead atoms. The van der Waals surface area contributed by atoms with Crippen LogP contribution in [0.1, 0.15) is 15.4 Å². The van der Waals surface area contributed by atoms with Gasteiger partial charge in [-0.3, -0.25) is 9.59 Å². The second kappa shape index (κ2) is 8.33. The number of carbonyl (C=O) groups is 2. The molecule has 2 amide bonds. The van der Waals surface area contributed by atoms with Crippen molar-refractivity contribution in [3.05, 3.63) is 71.2 Å². The first-order chi connectivity index (χ1) is 14.4. The summed E-state index contributed by atoms with van der Waals surface area (Å²) in [7, 11) is 3.42. The lowest BCUT2D eigenvalue weighted by Crippen LogP contribution is -2.16. The Bertz CT molecular complexity index is 1230. The van der Waals surface area contributed by atoms with Crippen LogP contribution in [0.4, 0.5) is 10.5 Å². The van der Waals surface area contributed by atoms with Crippen LogP contribution in [0.2, 0.25) is 0 Å². The predicted octanol–water partition coefficient (Wildman–Crippen LogP) is 5.42. The van der Waals surface area contributed by atoms with Gasteiger partial charge in [-0.05, 0) is 55.1 Å². The molecule has 0 aliphatic heterocycles. The Morgan fingerprint density at radius 2 is 1.83 bits per heavy atom. The molecule has 8 heteroatoms. The highest BCUT2D eigenvalue weighted by molar-refractivity contribution is 8.13. The molecule has 2 aromatic heterocycles. The number of thioether (sulfide) groups is 1. The second-order valence-electron chi connectivity index (χ2n) is 6.91. The molecule has 30 heavy (non-hydrogen) atoms. The highest BCUT2D eigenvalue weighted by atomic mass is 32.2. The summed E-state index contributed by atoms with van der Waals surface area (Å²) in [6, 6.07) is 19.0. The number of para-hydroxylation sites is 1. The van der Waals surface area contributed by atoms with Crippen LogP contribution in [0.25, 0.3) is 15.9 Å². The lowest BCUT2D eigenvalue weighted by molar-refractivity contribution is 0.103. The van der Waals surface area contributed by atoms with E-state index in [2.05, 4.69) is 10.4 Å². The van der Waals surface area contributed by atoms with E-state index >= 15 is 0 Å². The van der Waals surface area contributed by atoms with Gasteiger partial charge >= 0.3 is 0 Å². The molecule has 0 saturated carbocycles. The molecule has 0 atom stereocenters. The Balaban J connectivity index is 1.58. The van der Waals surface area contributed by atoms with Crippen molar-refractivity contribution in [3.63, 3.8) is 0 Å². The number of benzene rings is 2. The molecular formula is C22H20N4O2S2. The third-order valence-corrected chi connectivity index (χ3v) is 6.57. The molecule has 0 aliphatic rings. The van der Waals surface area contributed by atoms with E-state index in [1.807, 2.05) is 66.2 Å². The van der Waals surface area contributed by atoms with Crippen molar-refractivity contribution in [2.24, 2.45) is 0 Å². The average molecular weight is 437 g/mol. The number of amides is 2. The topological polar surface area (TPSA) is 67.2 Å². The maximum Gasteiger partial charge on any atom is 0.285 e. The summed E-state index contributed by atoms with van der Waals surface area (Å²) >= 11 is 2.53. The number of hydrogen-bond donors (Lipinski definition) is 1. The molecule has 2 aromatic carbocycles. The van der Waals surface area contributed by atoms with Crippen molar-refractivity contribution in [2.45, 2.75) is 11.8 Å². The lowest BCUT2D eigenvalue weighted by Gasteiger charge is -2.10. The van der Waals surface area contributed by atoms with E-state index < -0.39 is 0 Å². The molecule has 0 saturated heterocycles. The van der Waals surface area contributed by atoms with Crippen LogP contribution in [0.3, 0.4) is 0 Å². The summed E-state index contributed by atoms with van der Waals surface area (Å²) in [6.45, 7) is 1.94. The Kier molecular flexibility index (Phi) is 5.61. The summed E-state index contributed by atoms with van der Waals surface area (Å²) in [6.07, 6.45) is 0. The summed E-state index contributed by atoms with van der Waals surface area (Å²) in [5.74, 6) is -0.184. The van der Waals surface area contributed by atoms with Gasteiger partial charge < -0.3 is 10.2 Å². The lowest BCUT2D eigenvalue weighted by atomic mass is 10.3. The molecule has 0 aliphatic carbocycles. The van der Waals surface area contributed by atoms with E-state index in [1.54, 1.807) is 20.2 Å². The van der Waals surface area contributed by atoms with Gasteiger partial charge in [0, 0.05) is 30.1 Å². The molecule has 4 rings (SSSR count). The van der Waals surface area contributed by atoms with Gasteiger partial charge in [-0.15, -0.1) is 11.3 Å². The molecule has 152 valence electrons. The van der Waals surface area contributed by atoms with Gasteiger partial charge in [0.2, 0.25) is 0 Å². The van der Waals surface area contributed by atoms with Crippen molar-refractivity contribution in [3.8, 4) is 5.69 Å². The van der Waals surface area contributed by atoms with Gasteiger partial charge in [-0.1, -0.05) is 24.3 Å². The van der Waals surface area contributed by atoms with Crippen molar-refractivity contribution in [1.82, 2.24) is 14.7 Å². The average Bonchev–Trinajstić information content (AvgIpc) is 3.30. The summed E-state index contributed by atoms with van der Waals surface area (Å²) < 4.78 is 1.87. The van der Waals surface area contributed by atoms with Crippen molar-refractivity contribution in [1.29, 1.82) is 0 Å². The largest absolute Gasteiger partial charge is 0.339 e. The maximum absolute atomic E-state index is 12.9. The van der Waals surface area contributed by atoms with Crippen LogP contribution in [0, 0.1) is 6.92 Å². The van der Waals surface area contributed by atoms with Crippen molar-refractivity contribution >= 4 is 50.1 Å². The van der Waals surface area contributed by atoms with E-state index in [4.69, 9.17) is 0 Å². The number of fused-ring (bicyclic) bond motifs is 1. The standard InChI is InChI=1S/C22H20N4O2S2/c1-14-18-13-19(30-21(18)26(24-14)16-9-5-4-6-10-16)20(27)23-15-8-7-11-17(12-15)29-22(28)25(2)3/h4-13H,1-3H3,(H,23,27). The third kappa shape index (κ3) is 4.10. The summed E-state index contributed by atoms with van der Waals surface area (Å²) in [5, 5.41) is 8.45. The molecule has 0 spiro atoms. The number of thiophene rings is 1. The first-order valence-corrected chi connectivity index (χ1v) is 10.9. The minimum Gasteiger partial charge on any atom is -0.339 e. The number of nitrogens with one attached hydrogen (secondary N) is 1. The number of nitrogens with zero attached hydrogens (tertiary/aromatic N) is 3. The number of anilines is 1. The number of carbonyl (C=O) groups excluding carboxylic acids is 2. The molecule has 4 aromatic rings. The molecule has 0 radical (unpaired) electrons. The van der Waals surface area contributed by atoms with Crippen LogP contribution in [-0.4, -0.2) is 39.9 Å². The summed E-state index contributed by atoms with van der Waals surface area (Å²) in [4.78, 5) is 28.6. The molecule has 6 nitrogen and oxygen atoms in total. The molecule has 1 N–H and O–H groups in total. The quantitative estimate of drug-likeness (QED) is 0.434. The fourth-order valence-corrected chi connectivity index (χ4v) is 4.72. The Labute approximate surface area is 182 Å². The van der Waals surface area contributed by atoms with E-state index in [9.17, 15) is 9.59 Å². The highest BCUT2D eigenvalue weighted by Gasteiger charge is 2.17. The molecule has 2 heterocycles. The zero-order valence-corrected chi connectivity index (χ0v) is 18.4. The third-order valence-electron chi connectivity index (χ3n) is 4.43. The molecular weight excluding hydrogens is 416 g/mol. The monoisotopic (exact) mass is 436 g/mol. The smallest absolute Gasteiger partial charge is 0.285 e. The van der Waals surface area contributed by atoms with Crippen LogP contribution in [0.15, 0.2) is 65.6 Å². The Morgan fingerprint density at radius 1 is 1.07 bits per heavy atom. The van der Waals surface area contributed by atoms with Gasteiger partial charge in [-0.2, -0.15) is 5.10 Å². The SMILES string of the molecule is Cc1nn(-c2ccccc2)c2sc(C(=O)Nc3cccc(SC(=O)N(C)C)c3)cc12. The zero-order valence-electron chi connectivity index (χ0n) is 16.7. The first kappa shape index (κ1) is 20.2. The molecule has 0 unspecified atom stereocenters. The van der Waals surface area contributed by atoms with Crippen LogP contribution >= 0.6 is 23.1 Å². The second-order valence-corrected chi connectivity index (χ2v) is 8.96. The minimum atomic E-state index is -0.184. The minimum absolute atomic E-state index is 0.0658. The van der Waals surface area contributed by atoms with Gasteiger partial charge in [0.1, 0.15) is 4.83 Å². The van der Waals surface area contributed by atoms with E-state index in [-0.39, 0.29) is 11.1 Å². The highest BCUT2D eigenvalue weighted by Crippen LogP contribution is 2.31. The normalized spacial score (nSPS) is 10.9. The predicted molar refractivity (Wildman–Crippen MR) is 123 cm³/mol. The molecule has 0 fully saturated rings. The van der Waals surface area contributed by atoms with Gasteiger partial charge in [0.15, 0.2) is 0 Å².